The summed E-state index contributed by atoms with van der Waals surface area (Å²) in [5.74, 6) is 1.81. The third kappa shape index (κ3) is 8.74. The molecule has 0 atom stereocenters. The molecular weight excluding hydrogens is 995 g/mol. The van der Waals surface area contributed by atoms with Crippen molar-refractivity contribution in [2.45, 2.75) is 0 Å². The van der Waals surface area contributed by atoms with E-state index >= 15 is 0 Å². The van der Waals surface area contributed by atoms with E-state index in [1.807, 2.05) is 12.1 Å². The Morgan fingerprint density at radius 2 is 0.427 bits per heavy atom. The van der Waals surface area contributed by atoms with Crippen molar-refractivity contribution in [3.8, 4) is 67.8 Å². The maximum Gasteiger partial charge on any atom is 0.164 e. The van der Waals surface area contributed by atoms with Crippen molar-refractivity contribution in [3.05, 3.63) is 332 Å². The highest BCUT2D eigenvalue weighted by Gasteiger charge is 2.21. The molecule has 3 heterocycles. The lowest BCUT2D eigenvalue weighted by Crippen LogP contribution is -2.01. The van der Waals surface area contributed by atoms with Gasteiger partial charge in [0.15, 0.2) is 17.5 Å². The minimum atomic E-state index is 0.595. The van der Waals surface area contributed by atoms with Crippen LogP contribution in [-0.2, 0) is 0 Å². The lowest BCUT2D eigenvalue weighted by Gasteiger charge is -2.19. The molecule has 0 unspecified atom stereocenters. The quantitative estimate of drug-likeness (QED) is 0.121. The standard InChI is InChI=1S/C77H51N5/c1-4-18-52(19-5-1)54-32-38-60(39-33-54)75-78-76(61-40-34-55(35-41-61)53-20-6-2-7-21-53)80-77(79-75)62-42-36-57(37-43-62)73(56-22-8-3-9-23-56)74(58-44-48-63(49-45-58)81-69-28-14-10-24-65(69)66-25-11-15-29-70(66)81)59-46-50-64(51-47-59)82-71-30-16-12-26-67(71)68-27-13-17-31-72(68)82/h1-51H. The van der Waals surface area contributed by atoms with Gasteiger partial charge in [-0.15, -0.1) is 0 Å². The molecule has 15 rings (SSSR count). The van der Waals surface area contributed by atoms with Gasteiger partial charge in [-0.1, -0.05) is 261 Å². The Bertz CT molecular complexity index is 4460. The molecule has 0 saturated carbocycles. The molecule has 0 fully saturated rings. The van der Waals surface area contributed by atoms with E-state index in [1.54, 1.807) is 0 Å². The molecule has 384 valence electrons. The average Bonchev–Trinajstić information content (AvgIpc) is 4.30. The van der Waals surface area contributed by atoms with Crippen molar-refractivity contribution in [3.63, 3.8) is 0 Å². The topological polar surface area (TPSA) is 48.5 Å². The molecule has 12 aromatic carbocycles. The lowest BCUT2D eigenvalue weighted by atomic mass is 9.85. The van der Waals surface area contributed by atoms with E-state index < -0.39 is 0 Å². The van der Waals surface area contributed by atoms with Gasteiger partial charge in [0.25, 0.3) is 0 Å². The van der Waals surface area contributed by atoms with Crippen LogP contribution in [0.3, 0.4) is 0 Å². The van der Waals surface area contributed by atoms with Crippen LogP contribution in [-0.4, -0.2) is 24.1 Å². The summed E-state index contributed by atoms with van der Waals surface area (Å²) in [4.78, 5) is 15.6. The molecule has 0 amide bonds. The van der Waals surface area contributed by atoms with Gasteiger partial charge in [0.1, 0.15) is 0 Å². The molecule has 0 aliphatic heterocycles. The molecule has 0 spiro atoms. The lowest BCUT2D eigenvalue weighted by molar-refractivity contribution is 1.07. The van der Waals surface area contributed by atoms with E-state index in [2.05, 4.69) is 306 Å². The predicted molar refractivity (Wildman–Crippen MR) is 340 cm³/mol. The number of aromatic nitrogens is 5. The van der Waals surface area contributed by atoms with E-state index in [4.69, 9.17) is 15.0 Å². The summed E-state index contributed by atoms with van der Waals surface area (Å²) in [6.45, 7) is 0. The Hall–Kier alpha value is -11.0. The summed E-state index contributed by atoms with van der Waals surface area (Å²) in [5, 5.41) is 4.95. The van der Waals surface area contributed by atoms with Gasteiger partial charge in [-0.25, -0.2) is 15.0 Å². The summed E-state index contributed by atoms with van der Waals surface area (Å²) in [6.07, 6.45) is 0. The van der Waals surface area contributed by atoms with Crippen LogP contribution in [0.25, 0.3) is 123 Å². The molecular formula is C77H51N5. The Labute approximate surface area is 475 Å². The molecule has 0 aliphatic carbocycles. The average molecular weight is 1050 g/mol. The maximum atomic E-state index is 5.23. The third-order valence-electron chi connectivity index (χ3n) is 15.9. The molecule has 5 heteroatoms. The molecule has 0 N–H and O–H groups in total. The summed E-state index contributed by atoms with van der Waals surface area (Å²) >= 11 is 0. The van der Waals surface area contributed by atoms with E-state index in [1.165, 1.54) is 43.6 Å². The van der Waals surface area contributed by atoms with Crippen molar-refractivity contribution in [2.24, 2.45) is 0 Å². The van der Waals surface area contributed by atoms with Crippen LogP contribution in [0.1, 0.15) is 22.3 Å². The van der Waals surface area contributed by atoms with Crippen LogP contribution in [0.15, 0.2) is 309 Å². The van der Waals surface area contributed by atoms with Crippen LogP contribution in [0.5, 0.6) is 0 Å². The molecule has 5 nitrogen and oxygen atoms in total. The number of hydrogen-bond acceptors (Lipinski definition) is 3. The van der Waals surface area contributed by atoms with Crippen LogP contribution in [0, 0.1) is 0 Å². The Morgan fingerprint density at radius 3 is 0.756 bits per heavy atom. The predicted octanol–water partition coefficient (Wildman–Crippen LogP) is 19.4. The molecule has 15 aromatic rings. The highest BCUT2D eigenvalue weighted by atomic mass is 15.0. The van der Waals surface area contributed by atoms with Crippen molar-refractivity contribution < 1.29 is 0 Å². The zero-order valence-electron chi connectivity index (χ0n) is 44.7. The van der Waals surface area contributed by atoms with Crippen molar-refractivity contribution >= 4 is 54.8 Å². The number of nitrogens with zero attached hydrogens (tertiary/aromatic N) is 5. The monoisotopic (exact) mass is 1050 g/mol. The number of fused-ring (bicyclic) bond motifs is 6. The summed E-state index contributed by atoms with van der Waals surface area (Å²) in [7, 11) is 0. The second-order valence-corrected chi connectivity index (χ2v) is 20.7. The highest BCUT2D eigenvalue weighted by Crippen LogP contribution is 2.41. The van der Waals surface area contributed by atoms with Crippen molar-refractivity contribution in [1.82, 2.24) is 24.1 Å². The molecule has 0 radical (unpaired) electrons. The summed E-state index contributed by atoms with van der Waals surface area (Å²) in [5.41, 5.74) is 20.8. The van der Waals surface area contributed by atoms with Gasteiger partial charge in [-0.3, -0.25) is 0 Å². The summed E-state index contributed by atoms with van der Waals surface area (Å²) < 4.78 is 4.76. The SMILES string of the molecule is c1ccc(C(=C(c2ccc(-n3c4ccccc4c4ccccc43)cc2)c2ccc(-n3c4ccccc4c4ccccc43)cc2)c2ccc(-c3nc(-c4ccc(-c5ccccc5)cc4)nc(-c4ccc(-c5ccccc5)cc4)n3)cc2)cc1. The minimum Gasteiger partial charge on any atom is -0.309 e. The molecule has 0 aliphatic rings. The fraction of sp³-hybridized carbons (Fsp3) is 0. The van der Waals surface area contributed by atoms with E-state index in [9.17, 15) is 0 Å². The maximum absolute atomic E-state index is 5.23. The van der Waals surface area contributed by atoms with Gasteiger partial charge in [-0.2, -0.15) is 0 Å². The van der Waals surface area contributed by atoms with Gasteiger partial charge in [-0.05, 0) is 104 Å². The third-order valence-corrected chi connectivity index (χ3v) is 15.9. The molecule has 3 aromatic heterocycles. The minimum absolute atomic E-state index is 0.595. The smallest absolute Gasteiger partial charge is 0.164 e. The fourth-order valence-electron chi connectivity index (χ4n) is 11.9. The first-order chi connectivity index (χ1) is 40.7. The first-order valence-corrected chi connectivity index (χ1v) is 27.8. The normalized spacial score (nSPS) is 11.4. The van der Waals surface area contributed by atoms with Gasteiger partial charge in [0.2, 0.25) is 0 Å². The van der Waals surface area contributed by atoms with Crippen molar-refractivity contribution in [1.29, 1.82) is 0 Å². The number of para-hydroxylation sites is 4. The van der Waals surface area contributed by atoms with Crippen LogP contribution < -0.4 is 0 Å². The zero-order chi connectivity index (χ0) is 54.3. The second-order valence-electron chi connectivity index (χ2n) is 20.7. The van der Waals surface area contributed by atoms with Crippen LogP contribution >= 0.6 is 0 Å². The van der Waals surface area contributed by atoms with Gasteiger partial charge < -0.3 is 9.13 Å². The zero-order valence-corrected chi connectivity index (χ0v) is 44.7. The van der Waals surface area contributed by atoms with E-state index in [0.717, 1.165) is 83.7 Å². The number of hydrogen-bond donors (Lipinski definition) is 0. The highest BCUT2D eigenvalue weighted by molar-refractivity contribution is 6.11. The van der Waals surface area contributed by atoms with Crippen LogP contribution in [0.4, 0.5) is 0 Å². The molecule has 0 saturated heterocycles. The molecule has 82 heavy (non-hydrogen) atoms. The Balaban J connectivity index is 0.884. The second kappa shape index (κ2) is 20.7. The van der Waals surface area contributed by atoms with Gasteiger partial charge in [0.05, 0.1) is 22.1 Å². The number of benzene rings is 12. The number of rotatable bonds is 11. The first kappa shape index (κ1) is 48.1. The fourth-order valence-corrected chi connectivity index (χ4v) is 11.9. The van der Waals surface area contributed by atoms with Crippen LogP contribution in [0.2, 0.25) is 0 Å². The molecule has 0 bridgehead atoms. The van der Waals surface area contributed by atoms with E-state index in [-0.39, 0.29) is 0 Å². The first-order valence-electron chi connectivity index (χ1n) is 27.8. The largest absolute Gasteiger partial charge is 0.309 e. The van der Waals surface area contributed by atoms with Gasteiger partial charge in [0, 0.05) is 49.6 Å². The Morgan fingerprint density at radius 1 is 0.195 bits per heavy atom. The van der Waals surface area contributed by atoms with Crippen molar-refractivity contribution in [2.75, 3.05) is 0 Å². The Kier molecular flexibility index (Phi) is 12.1. The van der Waals surface area contributed by atoms with E-state index in [0.29, 0.717) is 17.5 Å². The van der Waals surface area contributed by atoms with Gasteiger partial charge >= 0.3 is 0 Å². The summed E-state index contributed by atoms with van der Waals surface area (Å²) in [6, 6.07) is 110.